The van der Waals surface area contributed by atoms with Crippen molar-refractivity contribution in [2.75, 3.05) is 0 Å². The molecule has 2 aromatic heterocycles. The largest absolute Gasteiger partial charge is 0.454 e. The highest BCUT2D eigenvalue weighted by Crippen LogP contribution is 2.37. The van der Waals surface area contributed by atoms with Crippen molar-refractivity contribution >= 4 is 18.1 Å². The number of rotatable bonds is 4. The number of aromatic nitrogens is 2. The molecule has 24 heavy (non-hydrogen) atoms. The maximum absolute atomic E-state index is 12.8. The Morgan fingerprint density at radius 3 is 2.75 bits per heavy atom. The van der Waals surface area contributed by atoms with Crippen molar-refractivity contribution in [3.63, 3.8) is 0 Å². The maximum atomic E-state index is 12.8. The lowest BCUT2D eigenvalue weighted by Gasteiger charge is -2.26. The first-order valence-electron chi connectivity index (χ1n) is 7.79. The fourth-order valence-corrected chi connectivity index (χ4v) is 2.27. The van der Waals surface area contributed by atoms with Gasteiger partial charge >= 0.3 is 5.97 Å². The van der Waals surface area contributed by atoms with E-state index in [1.54, 1.807) is 45.1 Å². The van der Waals surface area contributed by atoms with Gasteiger partial charge in [0.05, 0.1) is 0 Å². The van der Waals surface area contributed by atoms with Gasteiger partial charge in [0.25, 0.3) is 5.89 Å². The summed E-state index contributed by atoms with van der Waals surface area (Å²) in [5.41, 5.74) is -0.583. The van der Waals surface area contributed by atoms with Crippen LogP contribution in [-0.2, 0) is 4.74 Å². The Balaban J connectivity index is 1.62. The lowest BCUT2D eigenvalue weighted by molar-refractivity contribution is 0.00356. The van der Waals surface area contributed by atoms with Crippen LogP contribution in [0.3, 0.4) is 0 Å². The molecule has 128 valence electrons. The number of ether oxygens (including phenoxy) is 1. The molecule has 1 saturated carbocycles. The average molecular weight is 334 g/mol. The zero-order valence-corrected chi connectivity index (χ0v) is 13.8. The molecule has 0 amide bonds. The number of furan rings is 1. The minimum absolute atomic E-state index is 0.0354. The summed E-state index contributed by atoms with van der Waals surface area (Å²) in [6, 6.07) is 3.19. The van der Waals surface area contributed by atoms with Gasteiger partial charge in [-0.1, -0.05) is 5.16 Å². The third-order valence-corrected chi connectivity index (χ3v) is 3.52. The highest BCUT2D eigenvalue weighted by molar-refractivity contribution is 5.87. The summed E-state index contributed by atoms with van der Waals surface area (Å²) >= 11 is 0. The average Bonchev–Trinajstić information content (AvgIpc) is 3.09. The van der Waals surface area contributed by atoms with Crippen molar-refractivity contribution in [2.45, 2.75) is 51.3 Å². The van der Waals surface area contributed by atoms with E-state index in [1.807, 2.05) is 0 Å². The van der Waals surface area contributed by atoms with E-state index in [4.69, 9.17) is 13.7 Å². The Morgan fingerprint density at radius 1 is 1.33 bits per heavy atom. The monoisotopic (exact) mass is 334 g/mol. The Kier molecular flexibility index (Phi) is 4.26. The smallest absolute Gasteiger partial charge is 0.374 e. The maximum Gasteiger partial charge on any atom is 0.374 e. The lowest BCUT2D eigenvalue weighted by Crippen LogP contribution is -2.23. The minimum Gasteiger partial charge on any atom is -0.454 e. The number of hydrogen-bond acceptors (Lipinski definition) is 6. The first-order chi connectivity index (χ1) is 11.3. The Morgan fingerprint density at radius 2 is 2.08 bits per heavy atom. The van der Waals surface area contributed by atoms with E-state index in [2.05, 4.69) is 10.1 Å². The van der Waals surface area contributed by atoms with Crippen LogP contribution in [0, 0.1) is 0 Å². The van der Waals surface area contributed by atoms with Crippen molar-refractivity contribution < 1.29 is 22.9 Å². The summed E-state index contributed by atoms with van der Waals surface area (Å²) in [6.07, 6.45) is 3.33. The fourth-order valence-electron chi connectivity index (χ4n) is 2.27. The molecular formula is C17H19FN2O4. The summed E-state index contributed by atoms with van der Waals surface area (Å²) < 4.78 is 28.6. The zero-order valence-electron chi connectivity index (χ0n) is 13.8. The van der Waals surface area contributed by atoms with Crippen molar-refractivity contribution in [1.29, 1.82) is 0 Å². The predicted molar refractivity (Wildman–Crippen MR) is 84.0 cm³/mol. The summed E-state index contributed by atoms with van der Waals surface area (Å²) in [5, 5.41) is 3.85. The second kappa shape index (κ2) is 6.22. The summed E-state index contributed by atoms with van der Waals surface area (Å²) in [5.74, 6) is 0.934. The quantitative estimate of drug-likeness (QED) is 0.786. The molecule has 2 aromatic rings. The van der Waals surface area contributed by atoms with Gasteiger partial charge in [0, 0.05) is 12.0 Å². The number of carbonyl (C=O) groups is 1. The van der Waals surface area contributed by atoms with Crippen LogP contribution in [0.1, 0.15) is 67.6 Å². The second-order valence-corrected chi connectivity index (χ2v) is 6.79. The van der Waals surface area contributed by atoms with Gasteiger partial charge < -0.3 is 13.7 Å². The topological polar surface area (TPSA) is 78.4 Å². The van der Waals surface area contributed by atoms with E-state index in [0.717, 1.165) is 0 Å². The third-order valence-electron chi connectivity index (χ3n) is 3.52. The molecule has 1 aliphatic carbocycles. The number of carbonyl (C=O) groups excluding carboxylic acids is 1. The summed E-state index contributed by atoms with van der Waals surface area (Å²) in [4.78, 5) is 16.1. The molecule has 0 N–H and O–H groups in total. The first kappa shape index (κ1) is 16.4. The minimum atomic E-state index is -0.762. The number of nitrogens with zero attached hydrogens (tertiary/aromatic N) is 2. The molecule has 0 aromatic carbocycles. The Hall–Kier alpha value is -2.44. The molecule has 0 atom stereocenters. The molecule has 0 unspecified atom stereocenters. The van der Waals surface area contributed by atoms with E-state index < -0.39 is 17.7 Å². The number of alkyl halides is 1. The molecule has 3 rings (SSSR count). The standard InChI is InChI=1S/C17H19FN2O4/c1-17(2,3)23-16(21)13-6-4-12(22-13)5-7-14-19-15(20-24-14)10-8-11(18)9-10/h4-7,10-11H,8-9H2,1-3H3/b7-5+. The van der Waals surface area contributed by atoms with Crippen molar-refractivity contribution in [3.8, 4) is 0 Å². The van der Waals surface area contributed by atoms with Gasteiger partial charge in [-0.3, -0.25) is 0 Å². The Labute approximate surface area is 138 Å². The van der Waals surface area contributed by atoms with E-state index >= 15 is 0 Å². The number of halogens is 1. The first-order valence-corrected chi connectivity index (χ1v) is 7.79. The number of hydrogen-bond donors (Lipinski definition) is 0. The molecule has 6 nitrogen and oxygen atoms in total. The predicted octanol–water partition coefficient (Wildman–Crippen LogP) is 4.00. The summed E-state index contributed by atoms with van der Waals surface area (Å²) in [7, 11) is 0. The van der Waals surface area contributed by atoms with Crippen LogP contribution in [0.15, 0.2) is 21.1 Å². The number of esters is 1. The van der Waals surface area contributed by atoms with Gasteiger partial charge in [-0.2, -0.15) is 4.98 Å². The van der Waals surface area contributed by atoms with Gasteiger partial charge in [-0.05, 0) is 51.8 Å². The molecule has 0 radical (unpaired) electrons. The second-order valence-electron chi connectivity index (χ2n) is 6.79. The van der Waals surface area contributed by atoms with E-state index in [9.17, 15) is 9.18 Å². The molecule has 7 heteroatoms. The molecule has 2 heterocycles. The lowest BCUT2D eigenvalue weighted by atomic mass is 9.83. The van der Waals surface area contributed by atoms with E-state index in [-0.39, 0.29) is 11.7 Å². The van der Waals surface area contributed by atoms with Gasteiger partial charge in [0.2, 0.25) is 5.76 Å². The van der Waals surface area contributed by atoms with Crippen LogP contribution < -0.4 is 0 Å². The molecule has 0 bridgehead atoms. The van der Waals surface area contributed by atoms with Crippen LogP contribution >= 0.6 is 0 Å². The van der Waals surface area contributed by atoms with Crippen LogP contribution in [0.2, 0.25) is 0 Å². The molecule has 0 saturated heterocycles. The van der Waals surface area contributed by atoms with Crippen LogP contribution in [0.4, 0.5) is 4.39 Å². The van der Waals surface area contributed by atoms with Crippen molar-refractivity contribution in [1.82, 2.24) is 10.1 Å². The third kappa shape index (κ3) is 3.90. The molecule has 1 fully saturated rings. The van der Waals surface area contributed by atoms with E-state index in [1.165, 1.54) is 0 Å². The molecule has 1 aliphatic rings. The van der Waals surface area contributed by atoms with Crippen LogP contribution in [0.25, 0.3) is 12.2 Å². The zero-order chi connectivity index (χ0) is 17.3. The van der Waals surface area contributed by atoms with Gasteiger partial charge in [-0.15, -0.1) is 0 Å². The van der Waals surface area contributed by atoms with Crippen LogP contribution in [0.5, 0.6) is 0 Å². The molecule has 0 aliphatic heterocycles. The van der Waals surface area contributed by atoms with Crippen molar-refractivity contribution in [3.05, 3.63) is 35.4 Å². The summed E-state index contributed by atoms with van der Waals surface area (Å²) in [6.45, 7) is 5.36. The highest BCUT2D eigenvalue weighted by atomic mass is 19.1. The van der Waals surface area contributed by atoms with Crippen LogP contribution in [-0.4, -0.2) is 27.9 Å². The van der Waals surface area contributed by atoms with Gasteiger partial charge in [0.1, 0.15) is 17.5 Å². The van der Waals surface area contributed by atoms with Gasteiger partial charge in [-0.25, -0.2) is 9.18 Å². The Bertz CT molecular complexity index is 751. The molecular weight excluding hydrogens is 315 g/mol. The molecule has 0 spiro atoms. The fraction of sp³-hybridized carbons (Fsp3) is 0.471. The highest BCUT2D eigenvalue weighted by Gasteiger charge is 2.33. The normalized spacial score (nSPS) is 21.0. The SMILES string of the molecule is CC(C)(C)OC(=O)c1ccc(/C=C/c2nc(C3CC(F)C3)no2)o1. The van der Waals surface area contributed by atoms with Gasteiger partial charge in [0.15, 0.2) is 5.82 Å². The van der Waals surface area contributed by atoms with E-state index in [0.29, 0.717) is 30.3 Å². The van der Waals surface area contributed by atoms with Crippen molar-refractivity contribution in [2.24, 2.45) is 0 Å².